The molecule has 0 spiro atoms. The summed E-state index contributed by atoms with van der Waals surface area (Å²) >= 11 is 1.36. The van der Waals surface area contributed by atoms with Crippen molar-refractivity contribution in [3.63, 3.8) is 0 Å². The summed E-state index contributed by atoms with van der Waals surface area (Å²) in [5.41, 5.74) is 2.37. The quantitative estimate of drug-likeness (QED) is 0.705. The maximum atomic E-state index is 13.4. The third-order valence-electron chi connectivity index (χ3n) is 4.28. The lowest BCUT2D eigenvalue weighted by Crippen LogP contribution is -2.31. The molecule has 27 heavy (non-hydrogen) atoms. The summed E-state index contributed by atoms with van der Waals surface area (Å²) in [7, 11) is 3.07. The van der Waals surface area contributed by atoms with Gasteiger partial charge in [-0.05, 0) is 36.4 Å². The molecule has 0 aromatic heterocycles. The SMILES string of the molecule is CCSC1=C(c2ccccc2OC)C(=O)N(c2cc(C)ccc2OC)C1=O. The van der Waals surface area contributed by atoms with E-state index in [1.54, 1.807) is 31.4 Å². The highest BCUT2D eigenvalue weighted by Gasteiger charge is 2.42. The van der Waals surface area contributed by atoms with E-state index in [0.29, 0.717) is 39.0 Å². The molecule has 0 N–H and O–H groups in total. The standard InChI is InChI=1S/C21H21NO4S/c1-5-27-19-18(14-8-6-7-9-16(14)25-3)20(23)22(21(19)24)15-12-13(2)10-11-17(15)26-4/h6-12H,5H2,1-4H3. The van der Waals surface area contributed by atoms with Crippen LogP contribution in [-0.4, -0.2) is 31.8 Å². The van der Waals surface area contributed by atoms with Gasteiger partial charge in [0.25, 0.3) is 11.8 Å². The molecule has 0 unspecified atom stereocenters. The number of imide groups is 1. The van der Waals surface area contributed by atoms with Crippen LogP contribution in [0.3, 0.4) is 0 Å². The summed E-state index contributed by atoms with van der Waals surface area (Å²) in [5, 5.41) is 0. The molecule has 1 aliphatic rings. The average Bonchev–Trinajstić information content (AvgIpc) is 2.91. The Morgan fingerprint density at radius 3 is 2.33 bits per heavy atom. The smallest absolute Gasteiger partial charge is 0.272 e. The van der Waals surface area contributed by atoms with Crippen molar-refractivity contribution in [2.24, 2.45) is 0 Å². The Labute approximate surface area is 163 Å². The number of para-hydroxylation sites is 1. The molecule has 0 bridgehead atoms. The zero-order chi connectivity index (χ0) is 19.6. The number of benzene rings is 2. The normalized spacial score (nSPS) is 14.1. The van der Waals surface area contributed by atoms with E-state index in [1.807, 2.05) is 32.0 Å². The van der Waals surface area contributed by atoms with Gasteiger partial charge in [-0.1, -0.05) is 31.2 Å². The fourth-order valence-electron chi connectivity index (χ4n) is 3.07. The van der Waals surface area contributed by atoms with Crippen molar-refractivity contribution in [1.29, 1.82) is 0 Å². The lowest BCUT2D eigenvalue weighted by molar-refractivity contribution is -0.119. The van der Waals surface area contributed by atoms with E-state index in [2.05, 4.69) is 0 Å². The highest BCUT2D eigenvalue weighted by molar-refractivity contribution is 8.04. The van der Waals surface area contributed by atoms with Gasteiger partial charge < -0.3 is 9.47 Å². The molecule has 0 saturated heterocycles. The summed E-state index contributed by atoms with van der Waals surface area (Å²) in [6.07, 6.45) is 0. The lowest BCUT2D eigenvalue weighted by Gasteiger charge is -2.19. The third-order valence-corrected chi connectivity index (χ3v) is 5.24. The van der Waals surface area contributed by atoms with Gasteiger partial charge in [-0.3, -0.25) is 9.59 Å². The highest BCUT2D eigenvalue weighted by atomic mass is 32.2. The topological polar surface area (TPSA) is 55.8 Å². The van der Waals surface area contributed by atoms with Gasteiger partial charge in [0, 0.05) is 5.56 Å². The molecule has 5 nitrogen and oxygen atoms in total. The maximum absolute atomic E-state index is 13.4. The number of anilines is 1. The number of aryl methyl sites for hydroxylation is 1. The van der Waals surface area contributed by atoms with Crippen LogP contribution < -0.4 is 14.4 Å². The molecule has 0 atom stereocenters. The van der Waals surface area contributed by atoms with E-state index in [9.17, 15) is 9.59 Å². The minimum atomic E-state index is -0.371. The molecule has 0 saturated carbocycles. The molecule has 0 radical (unpaired) electrons. The number of thioether (sulfide) groups is 1. The number of methoxy groups -OCH3 is 2. The van der Waals surface area contributed by atoms with Crippen LogP contribution in [0, 0.1) is 6.92 Å². The molecule has 0 aliphatic carbocycles. The number of hydrogen-bond acceptors (Lipinski definition) is 5. The van der Waals surface area contributed by atoms with Crippen LogP contribution in [0.25, 0.3) is 5.57 Å². The number of ether oxygens (including phenoxy) is 2. The minimum absolute atomic E-state index is 0.336. The zero-order valence-electron chi connectivity index (χ0n) is 15.7. The molecule has 140 valence electrons. The molecule has 6 heteroatoms. The van der Waals surface area contributed by atoms with Crippen molar-refractivity contribution in [1.82, 2.24) is 0 Å². The van der Waals surface area contributed by atoms with Crippen LogP contribution in [0.4, 0.5) is 5.69 Å². The highest BCUT2D eigenvalue weighted by Crippen LogP contribution is 2.43. The number of hydrogen-bond donors (Lipinski definition) is 0. The number of nitrogens with zero attached hydrogens (tertiary/aromatic N) is 1. The summed E-state index contributed by atoms with van der Waals surface area (Å²) in [5.74, 6) is 0.998. The molecule has 2 amide bonds. The Bertz CT molecular complexity index is 936. The minimum Gasteiger partial charge on any atom is -0.496 e. The van der Waals surface area contributed by atoms with Gasteiger partial charge in [0.1, 0.15) is 11.5 Å². The van der Waals surface area contributed by atoms with Crippen molar-refractivity contribution in [3.8, 4) is 11.5 Å². The van der Waals surface area contributed by atoms with Gasteiger partial charge in [0.05, 0.1) is 30.4 Å². The van der Waals surface area contributed by atoms with Gasteiger partial charge in [-0.2, -0.15) is 0 Å². The van der Waals surface area contributed by atoms with E-state index in [-0.39, 0.29) is 11.8 Å². The van der Waals surface area contributed by atoms with Crippen LogP contribution in [0.1, 0.15) is 18.1 Å². The Balaban J connectivity index is 2.18. The molecule has 2 aromatic rings. The predicted octanol–water partition coefficient (Wildman–Crippen LogP) is 4.05. The largest absolute Gasteiger partial charge is 0.496 e. The fraction of sp³-hybridized carbons (Fsp3) is 0.238. The van der Waals surface area contributed by atoms with E-state index in [0.717, 1.165) is 5.56 Å². The van der Waals surface area contributed by atoms with Gasteiger partial charge >= 0.3 is 0 Å². The van der Waals surface area contributed by atoms with Crippen molar-refractivity contribution < 1.29 is 19.1 Å². The first-order chi connectivity index (χ1) is 13.0. The van der Waals surface area contributed by atoms with E-state index in [1.165, 1.54) is 23.8 Å². The van der Waals surface area contributed by atoms with Crippen molar-refractivity contribution >= 4 is 34.8 Å². The molecule has 0 fully saturated rings. The van der Waals surface area contributed by atoms with E-state index >= 15 is 0 Å². The van der Waals surface area contributed by atoms with Crippen LogP contribution in [-0.2, 0) is 9.59 Å². The number of carbonyl (C=O) groups is 2. The Morgan fingerprint density at radius 2 is 1.67 bits per heavy atom. The van der Waals surface area contributed by atoms with Crippen LogP contribution in [0.2, 0.25) is 0 Å². The average molecular weight is 383 g/mol. The van der Waals surface area contributed by atoms with Gasteiger partial charge in [0.2, 0.25) is 0 Å². The second-order valence-electron chi connectivity index (χ2n) is 5.96. The molecular weight excluding hydrogens is 362 g/mol. The number of rotatable bonds is 6. The summed E-state index contributed by atoms with van der Waals surface area (Å²) < 4.78 is 10.8. The summed E-state index contributed by atoms with van der Waals surface area (Å²) in [6, 6.07) is 12.7. The monoisotopic (exact) mass is 383 g/mol. The molecule has 1 heterocycles. The Kier molecular flexibility index (Phi) is 5.56. The Hall–Kier alpha value is -2.73. The van der Waals surface area contributed by atoms with E-state index in [4.69, 9.17) is 9.47 Å². The molecule has 2 aromatic carbocycles. The molecule has 1 aliphatic heterocycles. The Morgan fingerprint density at radius 1 is 0.963 bits per heavy atom. The first-order valence-corrected chi connectivity index (χ1v) is 9.55. The van der Waals surface area contributed by atoms with Crippen LogP contribution in [0.15, 0.2) is 47.4 Å². The second-order valence-corrected chi connectivity index (χ2v) is 7.23. The summed E-state index contributed by atoms with van der Waals surface area (Å²) in [4.78, 5) is 28.2. The maximum Gasteiger partial charge on any atom is 0.272 e. The summed E-state index contributed by atoms with van der Waals surface area (Å²) in [6.45, 7) is 3.86. The van der Waals surface area contributed by atoms with Gasteiger partial charge in [-0.15, -0.1) is 11.8 Å². The number of amides is 2. The third kappa shape index (κ3) is 3.32. The second kappa shape index (κ2) is 7.88. The van der Waals surface area contributed by atoms with Gasteiger partial charge in [0.15, 0.2) is 0 Å². The van der Waals surface area contributed by atoms with Crippen LogP contribution in [0.5, 0.6) is 11.5 Å². The predicted molar refractivity (Wildman–Crippen MR) is 108 cm³/mol. The first kappa shape index (κ1) is 19.0. The van der Waals surface area contributed by atoms with Crippen molar-refractivity contribution in [2.75, 3.05) is 24.9 Å². The van der Waals surface area contributed by atoms with Crippen molar-refractivity contribution in [2.45, 2.75) is 13.8 Å². The first-order valence-electron chi connectivity index (χ1n) is 8.57. The van der Waals surface area contributed by atoms with Gasteiger partial charge in [-0.25, -0.2) is 4.90 Å². The van der Waals surface area contributed by atoms with Crippen LogP contribution >= 0.6 is 11.8 Å². The fourth-order valence-corrected chi connectivity index (χ4v) is 3.92. The lowest BCUT2D eigenvalue weighted by atomic mass is 10.0. The van der Waals surface area contributed by atoms with E-state index < -0.39 is 0 Å². The molecule has 3 rings (SSSR count). The van der Waals surface area contributed by atoms with Crippen molar-refractivity contribution in [3.05, 3.63) is 58.5 Å². The number of carbonyl (C=O) groups excluding carboxylic acids is 2. The molecular formula is C21H21NO4S. The zero-order valence-corrected chi connectivity index (χ0v) is 16.6.